The van der Waals surface area contributed by atoms with Crippen LogP contribution in [0.2, 0.25) is 0 Å². The Bertz CT molecular complexity index is 240. The molecule has 0 amide bonds. The molecule has 0 saturated carbocycles. The summed E-state index contributed by atoms with van der Waals surface area (Å²) in [7, 11) is 3.09. The fourth-order valence-corrected chi connectivity index (χ4v) is 3.56. The lowest BCUT2D eigenvalue weighted by molar-refractivity contribution is -0.138. The molecule has 8 heteroatoms. The van der Waals surface area contributed by atoms with Gasteiger partial charge in [-0.2, -0.15) is 0 Å². The van der Waals surface area contributed by atoms with Crippen LogP contribution in [0.5, 0.6) is 0 Å². The highest BCUT2D eigenvalue weighted by molar-refractivity contribution is 8.76. The molecule has 18 heavy (non-hydrogen) atoms. The molecule has 0 radical (unpaired) electrons. The summed E-state index contributed by atoms with van der Waals surface area (Å²) in [4.78, 5) is 20.6. The van der Waals surface area contributed by atoms with Crippen LogP contribution in [0.25, 0.3) is 0 Å². The zero-order chi connectivity index (χ0) is 14.0. The van der Waals surface area contributed by atoms with Crippen LogP contribution < -0.4 is 11.5 Å². The summed E-state index contributed by atoms with van der Waals surface area (Å²) in [6.45, 7) is 0. The molecule has 0 bridgehead atoms. The lowest BCUT2D eigenvalue weighted by Crippen LogP contribution is -2.25. The summed E-state index contributed by atoms with van der Waals surface area (Å²) in [6, 6.07) is -0.261. The molecule has 0 aromatic rings. The van der Waals surface area contributed by atoms with Gasteiger partial charge >= 0.3 is 11.9 Å². The molecule has 0 rings (SSSR count). The SMILES string of the molecule is N[C@@H](CCC(=O)O)CSSC[C@@H](N)CCC(=O)O. The normalized spacial score (nSPS) is 14.1. The first-order valence-corrected chi connectivity index (χ1v) is 8.09. The van der Waals surface area contributed by atoms with Gasteiger partial charge in [0.2, 0.25) is 0 Å². The van der Waals surface area contributed by atoms with E-state index in [0.29, 0.717) is 24.3 Å². The smallest absolute Gasteiger partial charge is 0.303 e. The van der Waals surface area contributed by atoms with Crippen LogP contribution >= 0.6 is 21.6 Å². The fourth-order valence-electron chi connectivity index (χ4n) is 1.06. The van der Waals surface area contributed by atoms with Crippen molar-refractivity contribution in [3.8, 4) is 0 Å². The number of carbonyl (C=O) groups is 2. The van der Waals surface area contributed by atoms with E-state index in [9.17, 15) is 9.59 Å². The summed E-state index contributed by atoms with van der Waals surface area (Å²) in [5, 5.41) is 17.0. The second-order valence-corrected chi connectivity index (χ2v) is 6.51. The van der Waals surface area contributed by atoms with Crippen LogP contribution in [0.3, 0.4) is 0 Å². The topological polar surface area (TPSA) is 127 Å². The Morgan fingerprint density at radius 2 is 1.22 bits per heavy atom. The van der Waals surface area contributed by atoms with Crippen LogP contribution in [0.15, 0.2) is 0 Å². The van der Waals surface area contributed by atoms with Crippen molar-refractivity contribution in [3.05, 3.63) is 0 Å². The molecule has 0 aliphatic heterocycles. The number of rotatable bonds is 11. The van der Waals surface area contributed by atoms with Crippen LogP contribution in [0.4, 0.5) is 0 Å². The van der Waals surface area contributed by atoms with Gasteiger partial charge in [0.15, 0.2) is 0 Å². The van der Waals surface area contributed by atoms with Crippen molar-refractivity contribution >= 4 is 33.5 Å². The first-order valence-electron chi connectivity index (χ1n) is 5.61. The Morgan fingerprint density at radius 1 is 0.889 bits per heavy atom. The Hall–Kier alpha value is -0.440. The lowest BCUT2D eigenvalue weighted by Gasteiger charge is -2.11. The highest BCUT2D eigenvalue weighted by Crippen LogP contribution is 2.23. The Morgan fingerprint density at radius 3 is 1.50 bits per heavy atom. The molecule has 0 aromatic carbocycles. The van der Waals surface area contributed by atoms with E-state index < -0.39 is 11.9 Å². The minimum absolute atomic E-state index is 0.0878. The molecule has 0 spiro atoms. The van der Waals surface area contributed by atoms with Gasteiger partial charge in [-0.3, -0.25) is 9.59 Å². The van der Waals surface area contributed by atoms with Crippen molar-refractivity contribution in [2.45, 2.75) is 37.8 Å². The van der Waals surface area contributed by atoms with Gasteiger partial charge in [-0.05, 0) is 12.8 Å². The van der Waals surface area contributed by atoms with Crippen molar-refractivity contribution in [1.29, 1.82) is 0 Å². The van der Waals surface area contributed by atoms with Crippen molar-refractivity contribution in [1.82, 2.24) is 0 Å². The summed E-state index contributed by atoms with van der Waals surface area (Å²) >= 11 is 0. The van der Waals surface area contributed by atoms with Crippen LogP contribution in [0, 0.1) is 0 Å². The number of nitrogens with two attached hydrogens (primary N) is 2. The Labute approximate surface area is 114 Å². The van der Waals surface area contributed by atoms with Crippen molar-refractivity contribution in [2.24, 2.45) is 11.5 Å². The molecule has 0 saturated heterocycles. The van der Waals surface area contributed by atoms with Crippen molar-refractivity contribution < 1.29 is 19.8 Å². The number of carboxylic acid groups (broad SMARTS) is 2. The fraction of sp³-hybridized carbons (Fsp3) is 0.800. The molecule has 0 fully saturated rings. The molecule has 0 aliphatic rings. The van der Waals surface area contributed by atoms with Gasteiger partial charge in [-0.25, -0.2) is 0 Å². The first-order chi connectivity index (χ1) is 8.41. The average Bonchev–Trinajstić information content (AvgIpc) is 2.29. The van der Waals surface area contributed by atoms with E-state index in [1.54, 1.807) is 21.6 Å². The molecular weight excluding hydrogens is 276 g/mol. The number of hydrogen-bond acceptors (Lipinski definition) is 6. The molecule has 6 nitrogen and oxygen atoms in total. The monoisotopic (exact) mass is 296 g/mol. The maximum Gasteiger partial charge on any atom is 0.303 e. The van der Waals surface area contributed by atoms with Crippen molar-refractivity contribution in [2.75, 3.05) is 11.5 Å². The summed E-state index contributed by atoms with van der Waals surface area (Å²) in [5.41, 5.74) is 11.5. The van der Waals surface area contributed by atoms with E-state index in [2.05, 4.69) is 0 Å². The van der Waals surface area contributed by atoms with E-state index >= 15 is 0 Å². The van der Waals surface area contributed by atoms with E-state index in [0.717, 1.165) is 0 Å². The maximum absolute atomic E-state index is 10.3. The van der Waals surface area contributed by atoms with E-state index in [4.69, 9.17) is 21.7 Å². The van der Waals surface area contributed by atoms with Gasteiger partial charge < -0.3 is 21.7 Å². The Kier molecular flexibility index (Phi) is 10.2. The predicted octanol–water partition coefficient (Wildman–Crippen LogP) is 0.752. The number of carboxylic acids is 2. The van der Waals surface area contributed by atoms with Gasteiger partial charge in [0, 0.05) is 36.4 Å². The second kappa shape index (κ2) is 10.5. The van der Waals surface area contributed by atoms with Gasteiger partial charge in [-0.1, -0.05) is 21.6 Å². The predicted molar refractivity (Wildman–Crippen MR) is 74.6 cm³/mol. The average molecular weight is 296 g/mol. The molecule has 6 N–H and O–H groups in total. The standard InChI is InChI=1S/C10H20N2O4S2/c11-7(1-3-9(13)14)5-17-18-6-8(12)2-4-10(15)16/h7-8H,1-6,11-12H2,(H,13,14)(H,15,16)/t7-,8-/m0/s1. The zero-order valence-corrected chi connectivity index (χ0v) is 11.7. The molecule has 0 unspecified atom stereocenters. The number of aliphatic carboxylic acids is 2. The summed E-state index contributed by atoms with van der Waals surface area (Å²) in [5.74, 6) is -0.328. The lowest BCUT2D eigenvalue weighted by atomic mass is 10.2. The van der Waals surface area contributed by atoms with E-state index in [1.807, 2.05) is 0 Å². The molecule has 0 aromatic heterocycles. The minimum atomic E-state index is -0.834. The molecular formula is C10H20N2O4S2. The number of hydrogen-bond donors (Lipinski definition) is 4. The molecule has 0 aliphatic carbocycles. The maximum atomic E-state index is 10.3. The van der Waals surface area contributed by atoms with Crippen LogP contribution in [-0.2, 0) is 9.59 Å². The molecule has 106 valence electrons. The van der Waals surface area contributed by atoms with Crippen molar-refractivity contribution in [3.63, 3.8) is 0 Å². The van der Waals surface area contributed by atoms with E-state index in [-0.39, 0.29) is 24.9 Å². The van der Waals surface area contributed by atoms with Gasteiger partial charge in [0.25, 0.3) is 0 Å². The third kappa shape index (κ3) is 12.0. The third-order valence-electron chi connectivity index (χ3n) is 2.11. The highest BCUT2D eigenvalue weighted by Gasteiger charge is 2.08. The largest absolute Gasteiger partial charge is 0.481 e. The third-order valence-corrected chi connectivity index (χ3v) is 4.72. The van der Waals surface area contributed by atoms with Gasteiger partial charge in [0.05, 0.1) is 0 Å². The van der Waals surface area contributed by atoms with Crippen LogP contribution in [0.1, 0.15) is 25.7 Å². The quantitative estimate of drug-likeness (QED) is 0.325. The summed E-state index contributed by atoms with van der Waals surface area (Å²) < 4.78 is 0. The van der Waals surface area contributed by atoms with Crippen LogP contribution in [-0.4, -0.2) is 45.7 Å². The molecule has 0 heterocycles. The molecule has 2 atom stereocenters. The first kappa shape index (κ1) is 17.6. The van der Waals surface area contributed by atoms with Gasteiger partial charge in [0.1, 0.15) is 0 Å². The zero-order valence-electron chi connectivity index (χ0n) is 10.1. The second-order valence-electron chi connectivity index (χ2n) is 3.95. The summed E-state index contributed by atoms with van der Waals surface area (Å²) in [6.07, 6.45) is 1.11. The van der Waals surface area contributed by atoms with Gasteiger partial charge in [-0.15, -0.1) is 0 Å². The Balaban J connectivity index is 3.43. The highest BCUT2D eigenvalue weighted by atomic mass is 33.1. The van der Waals surface area contributed by atoms with E-state index in [1.165, 1.54) is 0 Å². The minimum Gasteiger partial charge on any atom is -0.481 e.